The van der Waals surface area contributed by atoms with Crippen LogP contribution in [0.15, 0.2) is 0 Å². The third-order valence-electron chi connectivity index (χ3n) is 2.47. The Kier molecular flexibility index (Phi) is 6.03. The Bertz CT molecular complexity index is 242. The SMILES string of the molecule is CC(C)N(C(C)C)C(CCC(=O)O)C(=O)O. The summed E-state index contributed by atoms with van der Waals surface area (Å²) < 4.78 is 0. The van der Waals surface area contributed by atoms with E-state index in [0.717, 1.165) is 0 Å². The van der Waals surface area contributed by atoms with E-state index in [0.29, 0.717) is 0 Å². The van der Waals surface area contributed by atoms with E-state index in [1.54, 1.807) is 0 Å². The van der Waals surface area contributed by atoms with Gasteiger partial charge in [0.2, 0.25) is 0 Å². The van der Waals surface area contributed by atoms with Gasteiger partial charge in [0.15, 0.2) is 0 Å². The van der Waals surface area contributed by atoms with Gasteiger partial charge in [0.1, 0.15) is 6.04 Å². The van der Waals surface area contributed by atoms with Crippen LogP contribution in [-0.2, 0) is 9.59 Å². The van der Waals surface area contributed by atoms with Gasteiger partial charge < -0.3 is 10.2 Å². The van der Waals surface area contributed by atoms with Crippen molar-refractivity contribution in [2.75, 3.05) is 0 Å². The molecule has 0 fully saturated rings. The van der Waals surface area contributed by atoms with Crippen LogP contribution in [0.25, 0.3) is 0 Å². The summed E-state index contributed by atoms with van der Waals surface area (Å²) in [5.74, 6) is -1.91. The first-order valence-electron chi connectivity index (χ1n) is 5.49. The van der Waals surface area contributed by atoms with E-state index in [1.807, 2.05) is 32.6 Å². The average Bonchev–Trinajstić information content (AvgIpc) is 2.09. The minimum absolute atomic E-state index is 0.0786. The summed E-state index contributed by atoms with van der Waals surface area (Å²) in [5.41, 5.74) is 0. The summed E-state index contributed by atoms with van der Waals surface area (Å²) in [6, 6.07) is -0.569. The molecule has 5 heteroatoms. The van der Waals surface area contributed by atoms with Crippen molar-refractivity contribution < 1.29 is 19.8 Å². The zero-order chi connectivity index (χ0) is 12.9. The molecule has 16 heavy (non-hydrogen) atoms. The van der Waals surface area contributed by atoms with Crippen molar-refractivity contribution in [2.24, 2.45) is 0 Å². The first-order valence-corrected chi connectivity index (χ1v) is 5.49. The number of aliphatic carboxylic acids is 2. The van der Waals surface area contributed by atoms with E-state index in [2.05, 4.69) is 0 Å². The van der Waals surface area contributed by atoms with Gasteiger partial charge in [-0.05, 0) is 34.1 Å². The van der Waals surface area contributed by atoms with Gasteiger partial charge in [-0.25, -0.2) is 0 Å². The van der Waals surface area contributed by atoms with Crippen LogP contribution >= 0.6 is 0 Å². The zero-order valence-corrected chi connectivity index (χ0v) is 10.3. The Labute approximate surface area is 96.1 Å². The summed E-state index contributed by atoms with van der Waals surface area (Å²) in [4.78, 5) is 23.4. The van der Waals surface area contributed by atoms with E-state index in [1.165, 1.54) is 0 Å². The summed E-state index contributed by atoms with van der Waals surface area (Å²) in [7, 11) is 0. The minimum Gasteiger partial charge on any atom is -0.481 e. The fourth-order valence-electron chi connectivity index (χ4n) is 1.98. The maximum absolute atomic E-state index is 11.1. The molecule has 0 spiro atoms. The lowest BCUT2D eigenvalue weighted by Gasteiger charge is -2.35. The van der Waals surface area contributed by atoms with Crippen molar-refractivity contribution in [3.63, 3.8) is 0 Å². The van der Waals surface area contributed by atoms with Crippen molar-refractivity contribution in [3.05, 3.63) is 0 Å². The first kappa shape index (κ1) is 14.9. The molecule has 0 aromatic rings. The number of carboxylic acid groups (broad SMARTS) is 2. The van der Waals surface area contributed by atoms with Crippen LogP contribution in [0.5, 0.6) is 0 Å². The fraction of sp³-hybridized carbons (Fsp3) is 0.818. The Morgan fingerprint density at radius 1 is 1.06 bits per heavy atom. The lowest BCUT2D eigenvalue weighted by molar-refractivity contribution is -0.146. The summed E-state index contributed by atoms with van der Waals surface area (Å²) >= 11 is 0. The second-order valence-corrected chi connectivity index (χ2v) is 4.42. The maximum Gasteiger partial charge on any atom is 0.320 e. The smallest absolute Gasteiger partial charge is 0.320 e. The lowest BCUT2D eigenvalue weighted by atomic mass is 10.1. The zero-order valence-electron chi connectivity index (χ0n) is 10.3. The van der Waals surface area contributed by atoms with Crippen molar-refractivity contribution in [2.45, 2.75) is 58.7 Å². The standard InChI is InChI=1S/C11H21NO4/c1-7(2)12(8(3)4)9(11(15)16)5-6-10(13)14/h7-9H,5-6H2,1-4H3,(H,13,14)(H,15,16). The van der Waals surface area contributed by atoms with Gasteiger partial charge in [0.25, 0.3) is 0 Å². The second kappa shape index (κ2) is 6.48. The quantitative estimate of drug-likeness (QED) is 0.693. The largest absolute Gasteiger partial charge is 0.481 e. The monoisotopic (exact) mass is 231 g/mol. The number of hydrogen-bond acceptors (Lipinski definition) is 3. The van der Waals surface area contributed by atoms with Crippen LogP contribution in [0, 0.1) is 0 Å². The molecule has 94 valence electrons. The average molecular weight is 231 g/mol. The van der Waals surface area contributed by atoms with Gasteiger partial charge in [-0.3, -0.25) is 14.5 Å². The van der Waals surface area contributed by atoms with Crippen molar-refractivity contribution in [3.8, 4) is 0 Å². The van der Waals surface area contributed by atoms with Gasteiger partial charge in [-0.15, -0.1) is 0 Å². The molecule has 0 aromatic heterocycles. The van der Waals surface area contributed by atoms with Gasteiger partial charge in [-0.2, -0.15) is 0 Å². The molecule has 1 atom stereocenters. The van der Waals surface area contributed by atoms with Crippen LogP contribution in [0.4, 0.5) is 0 Å². The molecule has 1 unspecified atom stereocenters. The van der Waals surface area contributed by atoms with Crippen molar-refractivity contribution in [1.82, 2.24) is 4.90 Å². The van der Waals surface area contributed by atoms with Gasteiger partial charge in [0.05, 0.1) is 0 Å². The molecule has 0 radical (unpaired) electrons. The van der Waals surface area contributed by atoms with E-state index in [9.17, 15) is 9.59 Å². The highest BCUT2D eigenvalue weighted by atomic mass is 16.4. The lowest BCUT2D eigenvalue weighted by Crippen LogP contribution is -2.49. The Hall–Kier alpha value is -1.10. The first-order chi connectivity index (χ1) is 7.27. The number of nitrogens with zero attached hydrogens (tertiary/aromatic N) is 1. The number of carboxylic acids is 2. The van der Waals surface area contributed by atoms with Gasteiger partial charge in [0, 0.05) is 18.5 Å². The third kappa shape index (κ3) is 4.61. The predicted molar refractivity (Wildman–Crippen MR) is 60.4 cm³/mol. The summed E-state index contributed by atoms with van der Waals surface area (Å²) in [5, 5.41) is 17.7. The van der Waals surface area contributed by atoms with Crippen LogP contribution < -0.4 is 0 Å². The molecule has 0 aromatic carbocycles. The normalized spacial score (nSPS) is 13.4. The van der Waals surface area contributed by atoms with Crippen LogP contribution in [-0.4, -0.2) is 45.2 Å². The van der Waals surface area contributed by atoms with E-state index < -0.39 is 18.0 Å². The highest BCUT2D eigenvalue weighted by Gasteiger charge is 2.29. The molecule has 0 aliphatic carbocycles. The van der Waals surface area contributed by atoms with E-state index >= 15 is 0 Å². The molecule has 0 aliphatic rings. The fourth-order valence-corrected chi connectivity index (χ4v) is 1.98. The second-order valence-electron chi connectivity index (χ2n) is 4.42. The molecule has 0 saturated heterocycles. The van der Waals surface area contributed by atoms with Crippen LogP contribution in [0.1, 0.15) is 40.5 Å². The van der Waals surface area contributed by atoms with E-state index in [-0.39, 0.29) is 24.9 Å². The molecule has 0 heterocycles. The molecular formula is C11H21NO4. The molecule has 5 nitrogen and oxygen atoms in total. The molecule has 0 rings (SSSR count). The number of rotatable bonds is 7. The number of carbonyl (C=O) groups is 2. The van der Waals surface area contributed by atoms with E-state index in [4.69, 9.17) is 10.2 Å². The molecule has 0 amide bonds. The van der Waals surface area contributed by atoms with Crippen LogP contribution in [0.2, 0.25) is 0 Å². The Morgan fingerprint density at radius 2 is 1.50 bits per heavy atom. The highest BCUT2D eigenvalue weighted by Crippen LogP contribution is 2.15. The maximum atomic E-state index is 11.1. The predicted octanol–water partition coefficient (Wildman–Crippen LogP) is 1.42. The van der Waals surface area contributed by atoms with Gasteiger partial charge in [-0.1, -0.05) is 0 Å². The van der Waals surface area contributed by atoms with Crippen molar-refractivity contribution in [1.29, 1.82) is 0 Å². The van der Waals surface area contributed by atoms with Crippen molar-refractivity contribution >= 4 is 11.9 Å². The third-order valence-corrected chi connectivity index (χ3v) is 2.47. The molecule has 0 bridgehead atoms. The molecule has 0 saturated carbocycles. The Morgan fingerprint density at radius 3 is 1.75 bits per heavy atom. The minimum atomic E-state index is -0.960. The summed E-state index contributed by atoms with van der Waals surface area (Å²) in [6.45, 7) is 7.65. The molecule has 2 N–H and O–H groups in total. The van der Waals surface area contributed by atoms with Gasteiger partial charge >= 0.3 is 11.9 Å². The summed E-state index contributed by atoms with van der Waals surface area (Å²) in [6.07, 6.45) is 0.0218. The molecular weight excluding hydrogens is 210 g/mol. The Balaban J connectivity index is 4.71. The van der Waals surface area contributed by atoms with Crippen LogP contribution in [0.3, 0.4) is 0 Å². The topological polar surface area (TPSA) is 77.8 Å². The number of hydrogen-bond donors (Lipinski definition) is 2. The molecule has 0 aliphatic heterocycles. The highest BCUT2D eigenvalue weighted by molar-refractivity contribution is 5.75.